The molecule has 1 aliphatic heterocycles. The Morgan fingerprint density at radius 3 is 2.82 bits per heavy atom. The van der Waals surface area contributed by atoms with Gasteiger partial charge in [0.1, 0.15) is 35.5 Å². The number of pyridine rings is 2. The number of fused-ring (bicyclic) bond motifs is 1. The first kappa shape index (κ1) is 24.5. The third-order valence-electron chi connectivity index (χ3n) is 5.88. The predicted octanol–water partition coefficient (Wildman–Crippen LogP) is 3.66. The van der Waals surface area contributed by atoms with E-state index in [-0.39, 0.29) is 19.0 Å². The lowest BCUT2D eigenvalue weighted by atomic mass is 10.1. The van der Waals surface area contributed by atoms with Crippen molar-refractivity contribution >= 4 is 33.9 Å². The van der Waals surface area contributed by atoms with Crippen LogP contribution in [0.1, 0.15) is 36.4 Å². The lowest BCUT2D eigenvalue weighted by Crippen LogP contribution is -2.30. The number of nitrogens with one attached hydrogen (secondary N) is 1. The second kappa shape index (κ2) is 10.3. The summed E-state index contributed by atoms with van der Waals surface area (Å²) in [5, 5.41) is 27.1. The molecule has 0 aliphatic carbocycles. The molecule has 9 nitrogen and oxygen atoms in total. The molecule has 0 bridgehead atoms. The molecule has 4 aromatic rings. The fourth-order valence-corrected chi connectivity index (χ4v) is 4.60. The first-order valence-corrected chi connectivity index (χ1v) is 11.5. The molecule has 0 unspecified atom stereocenters. The van der Waals surface area contributed by atoms with E-state index in [4.69, 9.17) is 4.74 Å². The summed E-state index contributed by atoms with van der Waals surface area (Å²) >= 11 is 3.51. The lowest BCUT2D eigenvalue weighted by molar-refractivity contribution is 0.105. The molecule has 1 atom stereocenters. The topological polar surface area (TPSA) is 102 Å². The molecule has 4 aromatic heterocycles. The van der Waals surface area contributed by atoms with E-state index in [0.29, 0.717) is 17.5 Å². The minimum Gasteiger partial charge on any atom is -0.488 e. The van der Waals surface area contributed by atoms with Crippen molar-refractivity contribution in [2.75, 3.05) is 19.7 Å². The summed E-state index contributed by atoms with van der Waals surface area (Å²) < 4.78 is 23.6. The Labute approximate surface area is 209 Å². The van der Waals surface area contributed by atoms with Gasteiger partial charge in [0.25, 0.3) is 0 Å². The van der Waals surface area contributed by atoms with Crippen molar-refractivity contribution in [2.24, 2.45) is 0 Å². The van der Waals surface area contributed by atoms with E-state index in [1.165, 1.54) is 12.1 Å². The molecule has 2 N–H and O–H groups in total. The Balaban J connectivity index is 0.00000274. The van der Waals surface area contributed by atoms with Crippen molar-refractivity contribution in [3.05, 3.63) is 58.5 Å². The minimum absolute atomic E-state index is 0. The molecular weight excluding hydrogens is 529 g/mol. The monoisotopic (exact) mass is 551 g/mol. The normalized spacial score (nSPS) is 15.3. The van der Waals surface area contributed by atoms with Gasteiger partial charge in [-0.1, -0.05) is 5.21 Å². The predicted molar refractivity (Wildman–Crippen MR) is 130 cm³/mol. The van der Waals surface area contributed by atoms with Crippen LogP contribution in [0.3, 0.4) is 0 Å². The minimum atomic E-state index is -1.02. The average molecular weight is 553 g/mol. The largest absolute Gasteiger partial charge is 0.488 e. The van der Waals surface area contributed by atoms with E-state index in [1.54, 1.807) is 10.7 Å². The van der Waals surface area contributed by atoms with Crippen LogP contribution >= 0.6 is 28.3 Å². The number of aliphatic hydroxyl groups excluding tert-OH is 1. The maximum Gasteiger partial charge on any atom is 0.147 e. The Morgan fingerprint density at radius 1 is 1.29 bits per heavy atom. The summed E-state index contributed by atoms with van der Waals surface area (Å²) in [4.78, 5) is 3.93. The second-order valence-corrected chi connectivity index (χ2v) is 8.91. The Hall–Kier alpha value is -2.60. The van der Waals surface area contributed by atoms with E-state index in [9.17, 15) is 9.50 Å². The highest BCUT2D eigenvalue weighted by molar-refractivity contribution is 9.10. The van der Waals surface area contributed by atoms with Gasteiger partial charge in [-0.15, -0.1) is 17.5 Å². The highest BCUT2D eigenvalue weighted by Gasteiger charge is 2.22. The summed E-state index contributed by atoms with van der Waals surface area (Å²) in [6, 6.07) is 4.89. The Morgan fingerprint density at radius 2 is 2.09 bits per heavy atom. The van der Waals surface area contributed by atoms with Crippen LogP contribution in [-0.2, 0) is 0 Å². The number of piperidine rings is 1. The van der Waals surface area contributed by atoms with Gasteiger partial charge >= 0.3 is 0 Å². The van der Waals surface area contributed by atoms with Crippen molar-refractivity contribution in [1.29, 1.82) is 0 Å². The molecule has 0 aromatic carbocycles. The van der Waals surface area contributed by atoms with Gasteiger partial charge in [0.2, 0.25) is 0 Å². The van der Waals surface area contributed by atoms with E-state index in [0.717, 1.165) is 59.1 Å². The van der Waals surface area contributed by atoms with Crippen LogP contribution in [0.15, 0.2) is 41.3 Å². The first-order chi connectivity index (χ1) is 16.0. The van der Waals surface area contributed by atoms with E-state index in [1.807, 2.05) is 23.9 Å². The molecule has 180 valence electrons. The maximum atomic E-state index is 13.1. The van der Waals surface area contributed by atoms with Crippen molar-refractivity contribution in [3.63, 3.8) is 0 Å². The zero-order valence-electron chi connectivity index (χ0n) is 18.4. The van der Waals surface area contributed by atoms with Crippen molar-refractivity contribution < 1.29 is 14.2 Å². The van der Waals surface area contributed by atoms with Gasteiger partial charge in [0.15, 0.2) is 0 Å². The van der Waals surface area contributed by atoms with Crippen LogP contribution < -0.4 is 10.1 Å². The molecule has 5 heterocycles. The van der Waals surface area contributed by atoms with E-state index >= 15 is 0 Å². The number of nitrogens with zero attached hydrogens (tertiary/aromatic N) is 6. The molecule has 0 amide bonds. The Bertz CT molecular complexity index is 1270. The van der Waals surface area contributed by atoms with Crippen molar-refractivity contribution in [3.8, 4) is 17.0 Å². The lowest BCUT2D eigenvalue weighted by Gasteiger charge is -2.23. The highest BCUT2D eigenvalue weighted by Crippen LogP contribution is 2.34. The van der Waals surface area contributed by atoms with Crippen LogP contribution in [-0.4, -0.2) is 54.4 Å². The van der Waals surface area contributed by atoms with Crippen LogP contribution in [0, 0.1) is 12.7 Å². The molecule has 1 aliphatic rings. The van der Waals surface area contributed by atoms with Gasteiger partial charge < -0.3 is 15.2 Å². The number of aliphatic hydroxyl groups is 1. The van der Waals surface area contributed by atoms with Gasteiger partial charge in [0, 0.05) is 11.8 Å². The van der Waals surface area contributed by atoms with Gasteiger partial charge in [0.05, 0.1) is 34.3 Å². The van der Waals surface area contributed by atoms with Crippen LogP contribution in [0.25, 0.3) is 16.8 Å². The zero-order chi connectivity index (χ0) is 22.9. The van der Waals surface area contributed by atoms with Gasteiger partial charge in [-0.2, -0.15) is 5.10 Å². The molecule has 34 heavy (non-hydrogen) atoms. The molecule has 1 saturated heterocycles. The molecule has 0 radical (unpaired) electrons. The molecule has 12 heteroatoms. The number of halogens is 3. The fourth-order valence-electron chi connectivity index (χ4n) is 4.13. The third-order valence-corrected chi connectivity index (χ3v) is 6.46. The number of rotatable bonds is 6. The van der Waals surface area contributed by atoms with Crippen LogP contribution in [0.4, 0.5) is 4.39 Å². The number of hydrogen-bond acceptors (Lipinski definition) is 7. The van der Waals surface area contributed by atoms with Gasteiger partial charge in [-0.25, -0.2) is 13.6 Å². The van der Waals surface area contributed by atoms with Crippen LogP contribution in [0.5, 0.6) is 5.75 Å². The maximum absolute atomic E-state index is 13.1. The molecule has 0 spiro atoms. The number of ether oxygens (including phenoxy) is 1. The second-order valence-electron chi connectivity index (χ2n) is 8.06. The summed E-state index contributed by atoms with van der Waals surface area (Å²) in [6.45, 7) is 3.90. The van der Waals surface area contributed by atoms with Crippen LogP contribution in [0.2, 0.25) is 0 Å². The Kier molecular flexibility index (Phi) is 7.46. The van der Waals surface area contributed by atoms with Gasteiger partial charge in [-0.3, -0.25) is 4.98 Å². The molecule has 1 fully saturated rings. The molecular formula is C22H24BrClFN7O2. The van der Waals surface area contributed by atoms with Gasteiger partial charge in [-0.05, 0) is 67.0 Å². The fraction of sp³-hybridized carbons (Fsp3) is 0.364. The quantitative estimate of drug-likeness (QED) is 0.376. The highest BCUT2D eigenvalue weighted by atomic mass is 79.9. The standard InChI is InChI=1S/C22H23BrFN7O2.ClH/c1-13-21(28-29-31(13)16-4-6-25-7-5-16)14-8-20(22-17(23)10-27-30(22)11-14)33-12-19(32)18-3-2-15(24)9-26-18;/h2-3,8-11,16,19,25,32H,4-7,12H2,1H3;1H/t19-;/m1./s1. The van der Waals surface area contributed by atoms with Crippen molar-refractivity contribution in [2.45, 2.75) is 31.9 Å². The van der Waals surface area contributed by atoms with Crippen molar-refractivity contribution in [1.82, 2.24) is 34.9 Å². The smallest absolute Gasteiger partial charge is 0.147 e. The summed E-state index contributed by atoms with van der Waals surface area (Å²) in [5.74, 6) is 0.0613. The van der Waals surface area contributed by atoms with E-state index < -0.39 is 11.9 Å². The number of aromatic nitrogens is 6. The SMILES string of the molecule is Cc1c(-c2cc(OC[C@@H](O)c3ccc(F)cn3)c3c(Br)cnn3c2)nnn1C1CCNCC1.Cl. The zero-order valence-corrected chi connectivity index (χ0v) is 20.8. The average Bonchev–Trinajstić information content (AvgIpc) is 3.41. The first-order valence-electron chi connectivity index (χ1n) is 10.7. The number of hydrogen-bond donors (Lipinski definition) is 2. The van der Waals surface area contributed by atoms with E-state index in [2.05, 4.69) is 41.6 Å². The summed E-state index contributed by atoms with van der Waals surface area (Å²) in [7, 11) is 0. The summed E-state index contributed by atoms with van der Waals surface area (Å²) in [5.41, 5.74) is 3.60. The molecule has 0 saturated carbocycles. The third kappa shape index (κ3) is 4.78. The summed E-state index contributed by atoms with van der Waals surface area (Å²) in [6.07, 6.45) is 5.65. The molecule has 5 rings (SSSR count).